The number of nitrogens with one attached hydrogen (secondary N) is 1. The van der Waals surface area contributed by atoms with E-state index >= 15 is 0 Å². The Bertz CT molecular complexity index is 318. The number of ether oxygens (including phenoxy) is 1. The van der Waals surface area contributed by atoms with Crippen molar-refractivity contribution in [3.63, 3.8) is 0 Å². The molecule has 0 radical (unpaired) electrons. The first-order valence-corrected chi connectivity index (χ1v) is 6.23. The molecule has 1 rings (SSSR count). The van der Waals surface area contributed by atoms with Gasteiger partial charge in [0.15, 0.2) is 0 Å². The predicted molar refractivity (Wildman–Crippen MR) is 73.6 cm³/mol. The van der Waals surface area contributed by atoms with Crippen LogP contribution in [-0.4, -0.2) is 19.7 Å². The molecular weight excluding hydrogens is 210 g/mol. The van der Waals surface area contributed by atoms with Crippen LogP contribution in [0.5, 0.6) is 5.75 Å². The van der Waals surface area contributed by atoms with Gasteiger partial charge in [-0.05, 0) is 50.4 Å². The molecule has 0 spiro atoms. The number of hydrogen-bond donors (Lipinski definition) is 1. The van der Waals surface area contributed by atoms with Gasteiger partial charge in [0.05, 0.1) is 7.11 Å². The Hall–Kier alpha value is -1.28. The second-order valence-corrected chi connectivity index (χ2v) is 4.32. The van der Waals surface area contributed by atoms with E-state index in [1.54, 1.807) is 7.11 Å². The zero-order chi connectivity index (χ0) is 12.5. The van der Waals surface area contributed by atoms with Crippen molar-refractivity contribution < 1.29 is 4.74 Å². The van der Waals surface area contributed by atoms with Crippen LogP contribution in [0.3, 0.4) is 0 Å². The fourth-order valence-corrected chi connectivity index (χ4v) is 1.73. The van der Waals surface area contributed by atoms with Gasteiger partial charge in [0.1, 0.15) is 5.75 Å². The largest absolute Gasteiger partial charge is 0.497 e. The normalized spacial score (nSPS) is 12.1. The lowest BCUT2D eigenvalue weighted by atomic mass is 10.1. The maximum absolute atomic E-state index is 5.13. The maximum Gasteiger partial charge on any atom is 0.118 e. The highest BCUT2D eigenvalue weighted by molar-refractivity contribution is 5.27. The minimum Gasteiger partial charge on any atom is -0.497 e. The van der Waals surface area contributed by atoms with E-state index in [4.69, 9.17) is 4.74 Å². The van der Waals surface area contributed by atoms with E-state index in [-0.39, 0.29) is 0 Å². The number of benzene rings is 1. The van der Waals surface area contributed by atoms with Crippen molar-refractivity contribution in [2.75, 3.05) is 13.7 Å². The molecule has 1 N–H and O–H groups in total. The molecular formula is C15H23NO. The van der Waals surface area contributed by atoms with Crippen molar-refractivity contribution in [3.05, 3.63) is 42.5 Å². The molecule has 1 aromatic rings. The Kier molecular flexibility index (Phi) is 6.41. The van der Waals surface area contributed by atoms with E-state index in [1.165, 1.54) is 5.56 Å². The molecule has 2 nitrogen and oxygen atoms in total. The van der Waals surface area contributed by atoms with Gasteiger partial charge in [0.2, 0.25) is 0 Å². The first-order chi connectivity index (χ1) is 8.26. The van der Waals surface area contributed by atoms with E-state index in [2.05, 4.69) is 31.0 Å². The topological polar surface area (TPSA) is 21.3 Å². The van der Waals surface area contributed by atoms with Crippen LogP contribution in [0.1, 0.15) is 25.3 Å². The average Bonchev–Trinajstić information content (AvgIpc) is 2.37. The molecule has 0 saturated heterocycles. The summed E-state index contributed by atoms with van der Waals surface area (Å²) in [5.41, 5.74) is 1.34. The molecule has 0 saturated carbocycles. The van der Waals surface area contributed by atoms with E-state index in [0.717, 1.165) is 31.6 Å². The Morgan fingerprint density at radius 3 is 2.65 bits per heavy atom. The van der Waals surface area contributed by atoms with E-state index in [9.17, 15) is 0 Å². The van der Waals surface area contributed by atoms with Gasteiger partial charge in [0.25, 0.3) is 0 Å². The first kappa shape index (κ1) is 13.8. The van der Waals surface area contributed by atoms with Crippen LogP contribution in [-0.2, 0) is 6.42 Å². The van der Waals surface area contributed by atoms with Crippen molar-refractivity contribution in [2.24, 2.45) is 0 Å². The molecule has 0 aliphatic heterocycles. The van der Waals surface area contributed by atoms with Gasteiger partial charge in [-0.25, -0.2) is 0 Å². The monoisotopic (exact) mass is 233 g/mol. The van der Waals surface area contributed by atoms with Gasteiger partial charge in [-0.1, -0.05) is 18.2 Å². The second-order valence-electron chi connectivity index (χ2n) is 4.32. The number of methoxy groups -OCH3 is 1. The number of hydrogen-bond acceptors (Lipinski definition) is 2. The summed E-state index contributed by atoms with van der Waals surface area (Å²) < 4.78 is 5.13. The molecule has 17 heavy (non-hydrogen) atoms. The zero-order valence-corrected chi connectivity index (χ0v) is 10.9. The third-order valence-electron chi connectivity index (χ3n) is 2.87. The predicted octanol–water partition coefficient (Wildman–Crippen LogP) is 3.18. The summed E-state index contributed by atoms with van der Waals surface area (Å²) in [5.74, 6) is 0.918. The molecule has 1 unspecified atom stereocenters. The minimum atomic E-state index is 0.561. The lowest BCUT2D eigenvalue weighted by Crippen LogP contribution is -2.27. The van der Waals surface area contributed by atoms with Crippen molar-refractivity contribution >= 4 is 0 Å². The lowest BCUT2D eigenvalue weighted by Gasteiger charge is -2.12. The van der Waals surface area contributed by atoms with Crippen LogP contribution in [0.2, 0.25) is 0 Å². The highest BCUT2D eigenvalue weighted by atomic mass is 16.5. The Morgan fingerprint density at radius 1 is 1.35 bits per heavy atom. The third-order valence-corrected chi connectivity index (χ3v) is 2.87. The maximum atomic E-state index is 5.13. The van der Waals surface area contributed by atoms with Crippen molar-refractivity contribution in [1.82, 2.24) is 5.32 Å². The number of rotatable bonds is 8. The average molecular weight is 233 g/mol. The van der Waals surface area contributed by atoms with Crippen LogP contribution in [0.15, 0.2) is 36.9 Å². The van der Waals surface area contributed by atoms with Gasteiger partial charge in [0, 0.05) is 6.04 Å². The molecule has 0 aromatic heterocycles. The fourth-order valence-electron chi connectivity index (χ4n) is 1.73. The summed E-state index contributed by atoms with van der Waals surface area (Å²) in [6.07, 6.45) is 5.27. The van der Waals surface area contributed by atoms with Crippen LogP contribution >= 0.6 is 0 Å². The van der Waals surface area contributed by atoms with Gasteiger partial charge < -0.3 is 10.1 Å². The first-order valence-electron chi connectivity index (χ1n) is 6.23. The Labute approximate surface area is 105 Å². The Balaban J connectivity index is 2.23. The molecule has 94 valence electrons. The van der Waals surface area contributed by atoms with Gasteiger partial charge in [-0.3, -0.25) is 0 Å². The molecule has 1 aromatic carbocycles. The summed E-state index contributed by atoms with van der Waals surface area (Å²) in [5, 5.41) is 3.52. The molecule has 0 aliphatic carbocycles. The summed E-state index contributed by atoms with van der Waals surface area (Å²) in [7, 11) is 1.69. The van der Waals surface area contributed by atoms with E-state index in [1.807, 2.05) is 18.2 Å². The third kappa shape index (κ3) is 5.55. The minimum absolute atomic E-state index is 0.561. The van der Waals surface area contributed by atoms with Gasteiger partial charge >= 0.3 is 0 Å². The highest BCUT2D eigenvalue weighted by Gasteiger charge is 2.00. The Morgan fingerprint density at radius 2 is 2.06 bits per heavy atom. The molecule has 0 amide bonds. The second kappa shape index (κ2) is 7.91. The van der Waals surface area contributed by atoms with Crippen LogP contribution in [0.4, 0.5) is 0 Å². The van der Waals surface area contributed by atoms with Crippen molar-refractivity contribution in [1.29, 1.82) is 0 Å². The molecule has 2 heteroatoms. The van der Waals surface area contributed by atoms with Gasteiger partial charge in [-0.15, -0.1) is 6.58 Å². The molecule has 0 aliphatic rings. The van der Waals surface area contributed by atoms with E-state index in [0.29, 0.717) is 6.04 Å². The summed E-state index contributed by atoms with van der Waals surface area (Å²) in [4.78, 5) is 0. The molecule has 0 fully saturated rings. The fraction of sp³-hybridized carbons (Fsp3) is 0.467. The molecule has 1 atom stereocenters. The van der Waals surface area contributed by atoms with Gasteiger partial charge in [-0.2, -0.15) is 0 Å². The van der Waals surface area contributed by atoms with Crippen LogP contribution in [0.25, 0.3) is 0 Å². The van der Waals surface area contributed by atoms with Crippen molar-refractivity contribution in [3.8, 4) is 5.75 Å². The van der Waals surface area contributed by atoms with Crippen LogP contribution < -0.4 is 10.1 Å². The standard InChI is InChI=1S/C15H23NO/c1-4-5-6-13(2)16-12-11-14-7-9-15(17-3)10-8-14/h4,7-10,13,16H,1,5-6,11-12H2,2-3H3. The van der Waals surface area contributed by atoms with E-state index < -0.39 is 0 Å². The molecule has 0 bridgehead atoms. The highest BCUT2D eigenvalue weighted by Crippen LogP contribution is 2.11. The number of allylic oxidation sites excluding steroid dienone is 1. The summed E-state index contributed by atoms with van der Waals surface area (Å²) >= 11 is 0. The smallest absolute Gasteiger partial charge is 0.118 e. The van der Waals surface area contributed by atoms with Crippen LogP contribution in [0, 0.1) is 0 Å². The SMILES string of the molecule is C=CCCC(C)NCCc1ccc(OC)cc1. The molecule has 0 heterocycles. The summed E-state index contributed by atoms with van der Waals surface area (Å²) in [6, 6.07) is 8.82. The van der Waals surface area contributed by atoms with Crippen molar-refractivity contribution in [2.45, 2.75) is 32.2 Å². The quantitative estimate of drug-likeness (QED) is 0.696. The summed E-state index contributed by atoms with van der Waals surface area (Å²) in [6.45, 7) is 6.98. The lowest BCUT2D eigenvalue weighted by molar-refractivity contribution is 0.414. The zero-order valence-electron chi connectivity index (χ0n) is 10.9.